The number of aromatic nitrogens is 3. The summed E-state index contributed by atoms with van der Waals surface area (Å²) in [4.78, 5) is 14.2. The predicted molar refractivity (Wildman–Crippen MR) is 113 cm³/mol. The predicted octanol–water partition coefficient (Wildman–Crippen LogP) is 3.79. The zero-order chi connectivity index (χ0) is 20.8. The molecule has 3 rings (SSSR count). The van der Waals surface area contributed by atoms with Crippen molar-refractivity contribution in [3.63, 3.8) is 0 Å². The summed E-state index contributed by atoms with van der Waals surface area (Å²) in [6.45, 7) is 6.66. The Morgan fingerprint density at radius 3 is 2.79 bits per heavy atom. The normalized spacial score (nSPS) is 10.7. The van der Waals surface area contributed by atoms with E-state index < -0.39 is 0 Å². The number of thioether (sulfide) groups is 1. The molecule has 0 atom stereocenters. The summed E-state index contributed by atoms with van der Waals surface area (Å²) in [5, 5.41) is 9.27. The van der Waals surface area contributed by atoms with Gasteiger partial charge in [-0.25, -0.2) is 0 Å². The van der Waals surface area contributed by atoms with E-state index in [2.05, 4.69) is 16.8 Å². The van der Waals surface area contributed by atoms with Gasteiger partial charge in [-0.15, -0.1) is 16.8 Å². The molecule has 1 aromatic carbocycles. The molecule has 0 radical (unpaired) electrons. The van der Waals surface area contributed by atoms with E-state index in [0.29, 0.717) is 29.8 Å². The van der Waals surface area contributed by atoms with Crippen molar-refractivity contribution in [1.82, 2.24) is 19.7 Å². The third kappa shape index (κ3) is 4.89. The molecule has 1 amide bonds. The van der Waals surface area contributed by atoms with E-state index in [1.54, 1.807) is 25.1 Å². The van der Waals surface area contributed by atoms with Crippen molar-refractivity contribution < 1.29 is 13.9 Å². The number of nitrogens with zero attached hydrogens (tertiary/aromatic N) is 4. The van der Waals surface area contributed by atoms with Crippen molar-refractivity contribution in [3.05, 3.63) is 60.6 Å². The second-order valence-corrected chi connectivity index (χ2v) is 7.40. The molecular weight excluding hydrogens is 388 g/mol. The van der Waals surface area contributed by atoms with Crippen molar-refractivity contribution in [2.45, 2.75) is 25.2 Å². The topological polar surface area (TPSA) is 73.4 Å². The molecule has 0 aliphatic rings. The van der Waals surface area contributed by atoms with Gasteiger partial charge in [0.15, 0.2) is 11.0 Å². The lowest BCUT2D eigenvalue weighted by atomic mass is 10.2. The van der Waals surface area contributed by atoms with Crippen LogP contribution in [0.25, 0.3) is 11.4 Å². The molecule has 0 bridgehead atoms. The standard InChI is InChI=1S/C21H24N4O3S/c1-5-12-25-20(17-8-6-7-9-18(17)27-4)22-23-21(25)29-14-19(26)24(3)13-16-11-10-15(2)28-16/h5-11H,1,12-14H2,2-4H3. The van der Waals surface area contributed by atoms with Crippen LogP contribution in [0.5, 0.6) is 5.75 Å². The number of para-hydroxylation sites is 1. The number of rotatable bonds is 9. The minimum absolute atomic E-state index is 0.0175. The molecule has 152 valence electrons. The number of hydrogen-bond donors (Lipinski definition) is 0. The van der Waals surface area contributed by atoms with Crippen LogP contribution in [0.3, 0.4) is 0 Å². The Morgan fingerprint density at radius 1 is 1.31 bits per heavy atom. The SMILES string of the molecule is C=CCn1c(SCC(=O)N(C)Cc2ccc(C)o2)nnc1-c1ccccc1OC. The molecule has 3 aromatic rings. The molecule has 7 nitrogen and oxygen atoms in total. The summed E-state index contributed by atoms with van der Waals surface area (Å²) in [7, 11) is 3.38. The second kappa shape index (κ2) is 9.47. The van der Waals surface area contributed by atoms with Gasteiger partial charge in [0.1, 0.15) is 17.3 Å². The summed E-state index contributed by atoms with van der Waals surface area (Å²) >= 11 is 1.35. The average Bonchev–Trinajstić information content (AvgIpc) is 3.32. The van der Waals surface area contributed by atoms with Gasteiger partial charge < -0.3 is 14.1 Å². The van der Waals surface area contributed by atoms with E-state index in [1.165, 1.54) is 11.8 Å². The molecule has 29 heavy (non-hydrogen) atoms. The number of hydrogen-bond acceptors (Lipinski definition) is 6. The van der Waals surface area contributed by atoms with E-state index in [1.807, 2.05) is 47.9 Å². The molecule has 0 unspecified atom stereocenters. The third-order valence-electron chi connectivity index (χ3n) is 4.32. The fraction of sp³-hybridized carbons (Fsp3) is 0.286. The van der Waals surface area contributed by atoms with Gasteiger partial charge in [0, 0.05) is 13.6 Å². The third-order valence-corrected chi connectivity index (χ3v) is 5.27. The number of benzene rings is 1. The molecule has 0 aliphatic heterocycles. The summed E-state index contributed by atoms with van der Waals surface area (Å²) in [5.41, 5.74) is 0.841. The van der Waals surface area contributed by atoms with Crippen LogP contribution in [-0.2, 0) is 17.9 Å². The highest BCUT2D eigenvalue weighted by Crippen LogP contribution is 2.31. The number of amides is 1. The quantitative estimate of drug-likeness (QED) is 0.393. The van der Waals surface area contributed by atoms with E-state index in [-0.39, 0.29) is 11.7 Å². The van der Waals surface area contributed by atoms with Crippen molar-refractivity contribution in [2.75, 3.05) is 19.9 Å². The Balaban J connectivity index is 1.73. The fourth-order valence-corrected chi connectivity index (χ4v) is 3.73. The first-order chi connectivity index (χ1) is 14.0. The second-order valence-electron chi connectivity index (χ2n) is 6.46. The monoisotopic (exact) mass is 412 g/mol. The molecule has 0 N–H and O–H groups in total. The first-order valence-electron chi connectivity index (χ1n) is 9.13. The van der Waals surface area contributed by atoms with Crippen molar-refractivity contribution in [3.8, 4) is 17.1 Å². The van der Waals surface area contributed by atoms with Crippen LogP contribution in [0, 0.1) is 6.92 Å². The van der Waals surface area contributed by atoms with Crippen LogP contribution in [0.2, 0.25) is 0 Å². The first-order valence-corrected chi connectivity index (χ1v) is 10.1. The number of furan rings is 1. The maximum Gasteiger partial charge on any atom is 0.233 e. The van der Waals surface area contributed by atoms with Crippen molar-refractivity contribution in [1.29, 1.82) is 0 Å². The van der Waals surface area contributed by atoms with Crippen LogP contribution in [0.1, 0.15) is 11.5 Å². The highest BCUT2D eigenvalue weighted by atomic mass is 32.2. The minimum Gasteiger partial charge on any atom is -0.496 e. The minimum atomic E-state index is -0.0175. The summed E-state index contributed by atoms with van der Waals surface area (Å²) < 4.78 is 12.9. The maximum absolute atomic E-state index is 12.5. The van der Waals surface area contributed by atoms with Gasteiger partial charge >= 0.3 is 0 Å². The van der Waals surface area contributed by atoms with Crippen molar-refractivity contribution >= 4 is 17.7 Å². The van der Waals surface area contributed by atoms with Crippen LogP contribution in [0.15, 0.2) is 58.6 Å². The fourth-order valence-electron chi connectivity index (χ4n) is 2.85. The lowest BCUT2D eigenvalue weighted by Crippen LogP contribution is -2.27. The van der Waals surface area contributed by atoms with Gasteiger partial charge in [-0.1, -0.05) is 30.0 Å². The van der Waals surface area contributed by atoms with Crippen LogP contribution >= 0.6 is 11.8 Å². The molecule has 2 heterocycles. The number of carbonyl (C=O) groups is 1. The Labute approximate surface area is 174 Å². The zero-order valence-corrected chi connectivity index (χ0v) is 17.6. The zero-order valence-electron chi connectivity index (χ0n) is 16.8. The van der Waals surface area contributed by atoms with E-state index in [9.17, 15) is 4.79 Å². The highest BCUT2D eigenvalue weighted by molar-refractivity contribution is 7.99. The van der Waals surface area contributed by atoms with Crippen LogP contribution in [0.4, 0.5) is 0 Å². The number of ether oxygens (including phenoxy) is 1. The van der Waals surface area contributed by atoms with Crippen LogP contribution < -0.4 is 4.74 Å². The maximum atomic E-state index is 12.5. The number of allylic oxidation sites excluding steroid dienone is 1. The lowest BCUT2D eigenvalue weighted by molar-refractivity contribution is -0.127. The van der Waals surface area contributed by atoms with E-state index in [4.69, 9.17) is 9.15 Å². The van der Waals surface area contributed by atoms with Gasteiger partial charge in [-0.2, -0.15) is 0 Å². The number of methoxy groups -OCH3 is 1. The van der Waals surface area contributed by atoms with Crippen molar-refractivity contribution in [2.24, 2.45) is 0 Å². The van der Waals surface area contributed by atoms with Gasteiger partial charge in [0.25, 0.3) is 0 Å². The highest BCUT2D eigenvalue weighted by Gasteiger charge is 2.19. The van der Waals surface area contributed by atoms with Gasteiger partial charge in [-0.3, -0.25) is 9.36 Å². The molecule has 0 saturated carbocycles. The van der Waals surface area contributed by atoms with Gasteiger partial charge in [0.2, 0.25) is 5.91 Å². The molecule has 8 heteroatoms. The Kier molecular flexibility index (Phi) is 6.77. The van der Waals surface area contributed by atoms with Crippen LogP contribution in [-0.4, -0.2) is 45.5 Å². The molecule has 0 fully saturated rings. The van der Waals surface area contributed by atoms with E-state index >= 15 is 0 Å². The largest absolute Gasteiger partial charge is 0.496 e. The lowest BCUT2D eigenvalue weighted by Gasteiger charge is -2.15. The van der Waals surface area contributed by atoms with Gasteiger partial charge in [-0.05, 0) is 31.2 Å². The Bertz CT molecular complexity index is 995. The first kappa shape index (κ1) is 20.7. The average molecular weight is 413 g/mol. The molecule has 0 aliphatic carbocycles. The smallest absolute Gasteiger partial charge is 0.233 e. The molecule has 0 saturated heterocycles. The summed E-state index contributed by atoms with van der Waals surface area (Å²) in [6, 6.07) is 11.4. The summed E-state index contributed by atoms with van der Waals surface area (Å²) in [6.07, 6.45) is 1.78. The Morgan fingerprint density at radius 2 is 2.10 bits per heavy atom. The number of aryl methyl sites for hydroxylation is 1. The van der Waals surface area contributed by atoms with Gasteiger partial charge in [0.05, 0.1) is 25.0 Å². The van der Waals surface area contributed by atoms with E-state index in [0.717, 1.165) is 17.1 Å². The Hall–Kier alpha value is -3.00. The summed E-state index contributed by atoms with van der Waals surface area (Å²) in [5.74, 6) is 3.21. The molecule has 0 spiro atoms. The molecular formula is C21H24N4O3S. The molecule has 2 aromatic heterocycles. The number of carbonyl (C=O) groups excluding carboxylic acids is 1.